The van der Waals surface area contributed by atoms with Crippen molar-refractivity contribution >= 4 is 24.3 Å². The first-order valence-electron chi connectivity index (χ1n) is 8.60. The summed E-state index contributed by atoms with van der Waals surface area (Å²) >= 11 is 0. The molecule has 1 rings (SSSR count). The van der Waals surface area contributed by atoms with Crippen LogP contribution in [-0.4, -0.2) is 84.0 Å². The number of amides is 1. The number of hydrogen-bond donors (Lipinski definition) is 1. The third-order valence-electron chi connectivity index (χ3n) is 4.79. The highest BCUT2D eigenvalue weighted by molar-refractivity contribution is 5.85. The van der Waals surface area contributed by atoms with Gasteiger partial charge in [-0.3, -0.25) is 19.4 Å². The van der Waals surface area contributed by atoms with Crippen LogP contribution in [0.5, 0.6) is 0 Å². The van der Waals surface area contributed by atoms with E-state index < -0.39 is 5.97 Å². The van der Waals surface area contributed by atoms with Gasteiger partial charge in [0.25, 0.3) is 0 Å². The molecule has 1 saturated heterocycles. The van der Waals surface area contributed by atoms with E-state index in [0.29, 0.717) is 18.5 Å². The minimum atomic E-state index is -0.786. The van der Waals surface area contributed by atoms with Crippen molar-refractivity contribution in [1.82, 2.24) is 14.7 Å². The molecule has 24 heavy (non-hydrogen) atoms. The van der Waals surface area contributed by atoms with Crippen LogP contribution in [-0.2, 0) is 9.59 Å². The fraction of sp³-hybridized carbons (Fsp3) is 0.882. The van der Waals surface area contributed by atoms with E-state index >= 15 is 0 Å². The second kappa shape index (κ2) is 10.9. The number of carboxylic acid groups (broad SMARTS) is 1. The highest BCUT2D eigenvalue weighted by Gasteiger charge is 2.26. The number of carbonyl (C=O) groups is 2. The van der Waals surface area contributed by atoms with Crippen molar-refractivity contribution < 1.29 is 14.7 Å². The molecule has 1 unspecified atom stereocenters. The normalized spacial score (nSPS) is 17.6. The Morgan fingerprint density at radius 1 is 1.17 bits per heavy atom. The third kappa shape index (κ3) is 7.81. The molecule has 0 saturated carbocycles. The maximum Gasteiger partial charge on any atom is 0.317 e. The summed E-state index contributed by atoms with van der Waals surface area (Å²) < 4.78 is 0. The van der Waals surface area contributed by atoms with Crippen molar-refractivity contribution in [3.63, 3.8) is 0 Å². The maximum absolute atomic E-state index is 12.4. The summed E-state index contributed by atoms with van der Waals surface area (Å²) in [5, 5.41) is 8.86. The van der Waals surface area contributed by atoms with E-state index in [1.165, 1.54) is 0 Å². The van der Waals surface area contributed by atoms with Crippen LogP contribution in [0, 0.1) is 5.92 Å². The standard InChI is InChI=1S/C17H33N3O3.ClH/c1-13(2)10-14(3)19(5)16(21)11-20-8-6-15(7-9-20)18(4)12-17(22)23;/h13-15H,6-12H2,1-5H3,(H,22,23);1H. The Kier molecular flexibility index (Phi) is 10.5. The second-order valence-corrected chi connectivity index (χ2v) is 7.30. The van der Waals surface area contributed by atoms with Gasteiger partial charge in [-0.05, 0) is 39.2 Å². The second-order valence-electron chi connectivity index (χ2n) is 7.30. The fourth-order valence-corrected chi connectivity index (χ4v) is 3.25. The van der Waals surface area contributed by atoms with Crippen molar-refractivity contribution in [2.75, 3.05) is 40.3 Å². The smallest absolute Gasteiger partial charge is 0.317 e. The number of aliphatic carboxylic acids is 1. The van der Waals surface area contributed by atoms with Gasteiger partial charge >= 0.3 is 5.97 Å². The highest BCUT2D eigenvalue weighted by atomic mass is 35.5. The van der Waals surface area contributed by atoms with Gasteiger partial charge in [0.1, 0.15) is 0 Å². The quantitative estimate of drug-likeness (QED) is 0.712. The summed E-state index contributed by atoms with van der Waals surface area (Å²) in [5.74, 6) is -0.0258. The Bertz CT molecular complexity index is 399. The summed E-state index contributed by atoms with van der Waals surface area (Å²) in [5.41, 5.74) is 0. The summed E-state index contributed by atoms with van der Waals surface area (Å²) in [7, 11) is 3.75. The molecular formula is C17H34ClN3O3. The molecule has 1 fully saturated rings. The van der Waals surface area contributed by atoms with E-state index in [1.54, 1.807) is 0 Å². The van der Waals surface area contributed by atoms with E-state index in [-0.39, 0.29) is 30.9 Å². The largest absolute Gasteiger partial charge is 0.480 e. The Hall–Kier alpha value is -0.850. The summed E-state index contributed by atoms with van der Waals surface area (Å²) in [4.78, 5) is 29.1. The Morgan fingerprint density at radius 2 is 1.71 bits per heavy atom. The number of carbonyl (C=O) groups excluding carboxylic acids is 1. The van der Waals surface area contributed by atoms with Gasteiger partial charge in [0.05, 0.1) is 13.1 Å². The molecule has 1 aliphatic rings. The summed E-state index contributed by atoms with van der Waals surface area (Å²) in [6.45, 7) is 8.71. The lowest BCUT2D eigenvalue weighted by Gasteiger charge is -2.37. The van der Waals surface area contributed by atoms with E-state index in [1.807, 2.05) is 23.9 Å². The third-order valence-corrected chi connectivity index (χ3v) is 4.79. The molecule has 0 aliphatic carbocycles. The van der Waals surface area contributed by atoms with E-state index in [9.17, 15) is 9.59 Å². The van der Waals surface area contributed by atoms with Crippen LogP contribution in [0.2, 0.25) is 0 Å². The van der Waals surface area contributed by atoms with Crippen LogP contribution in [0.1, 0.15) is 40.0 Å². The predicted octanol–water partition coefficient (Wildman–Crippen LogP) is 1.78. The lowest BCUT2D eigenvalue weighted by Crippen LogP contribution is -2.48. The van der Waals surface area contributed by atoms with E-state index in [0.717, 1.165) is 32.4 Å². The van der Waals surface area contributed by atoms with Crippen molar-refractivity contribution in [2.24, 2.45) is 5.92 Å². The number of halogens is 1. The van der Waals surface area contributed by atoms with Gasteiger partial charge in [-0.25, -0.2) is 0 Å². The monoisotopic (exact) mass is 363 g/mol. The molecule has 1 N–H and O–H groups in total. The number of rotatable bonds is 8. The van der Waals surface area contributed by atoms with Gasteiger partial charge in [0.15, 0.2) is 0 Å². The van der Waals surface area contributed by atoms with Crippen LogP contribution in [0.3, 0.4) is 0 Å². The van der Waals surface area contributed by atoms with Crippen molar-refractivity contribution in [3.05, 3.63) is 0 Å². The Labute approximate surface area is 152 Å². The lowest BCUT2D eigenvalue weighted by molar-refractivity contribution is -0.138. The Morgan fingerprint density at radius 3 is 2.17 bits per heavy atom. The SMILES string of the molecule is CC(C)CC(C)N(C)C(=O)CN1CCC(N(C)CC(=O)O)CC1.Cl. The molecule has 0 radical (unpaired) electrons. The molecule has 1 amide bonds. The van der Waals surface area contributed by atoms with Crippen LogP contribution < -0.4 is 0 Å². The number of likely N-dealkylation sites (tertiary alicyclic amines) is 1. The topological polar surface area (TPSA) is 64.1 Å². The highest BCUT2D eigenvalue weighted by Crippen LogP contribution is 2.16. The summed E-state index contributed by atoms with van der Waals surface area (Å²) in [6, 6.07) is 0.566. The molecule has 7 heteroatoms. The van der Waals surface area contributed by atoms with Gasteiger partial charge in [-0.2, -0.15) is 0 Å². The molecule has 0 aromatic heterocycles. The van der Waals surface area contributed by atoms with Crippen LogP contribution in [0.15, 0.2) is 0 Å². The Balaban J connectivity index is 0.00000529. The maximum atomic E-state index is 12.4. The predicted molar refractivity (Wildman–Crippen MR) is 98.7 cm³/mol. The molecule has 0 aromatic carbocycles. The molecular weight excluding hydrogens is 330 g/mol. The van der Waals surface area contributed by atoms with Gasteiger partial charge in [0.2, 0.25) is 5.91 Å². The number of likely N-dealkylation sites (N-methyl/N-ethyl adjacent to an activating group) is 2. The number of nitrogens with zero attached hydrogens (tertiary/aromatic N) is 3. The van der Waals surface area contributed by atoms with E-state index in [2.05, 4.69) is 25.7 Å². The molecule has 0 spiro atoms. The average molecular weight is 364 g/mol. The number of hydrogen-bond acceptors (Lipinski definition) is 4. The molecule has 1 heterocycles. The zero-order chi connectivity index (χ0) is 17.6. The molecule has 1 aliphatic heterocycles. The van der Waals surface area contributed by atoms with Crippen molar-refractivity contribution in [2.45, 2.75) is 52.1 Å². The summed E-state index contributed by atoms with van der Waals surface area (Å²) in [6.07, 6.45) is 2.86. The first-order chi connectivity index (χ1) is 10.7. The van der Waals surface area contributed by atoms with E-state index in [4.69, 9.17) is 5.11 Å². The minimum absolute atomic E-state index is 0. The fourth-order valence-electron chi connectivity index (χ4n) is 3.25. The average Bonchev–Trinajstić information content (AvgIpc) is 2.45. The first kappa shape index (κ1) is 23.1. The van der Waals surface area contributed by atoms with Crippen LogP contribution in [0.4, 0.5) is 0 Å². The zero-order valence-electron chi connectivity index (χ0n) is 15.7. The van der Waals surface area contributed by atoms with Gasteiger partial charge in [-0.15, -0.1) is 12.4 Å². The van der Waals surface area contributed by atoms with Gasteiger partial charge in [-0.1, -0.05) is 13.8 Å². The number of piperidine rings is 1. The molecule has 0 bridgehead atoms. The van der Waals surface area contributed by atoms with Crippen molar-refractivity contribution in [1.29, 1.82) is 0 Å². The molecule has 1 atom stereocenters. The van der Waals surface area contributed by atoms with Crippen LogP contribution >= 0.6 is 12.4 Å². The first-order valence-corrected chi connectivity index (χ1v) is 8.60. The lowest BCUT2D eigenvalue weighted by atomic mass is 10.0. The number of carboxylic acids is 1. The van der Waals surface area contributed by atoms with Gasteiger partial charge in [0, 0.05) is 32.2 Å². The zero-order valence-corrected chi connectivity index (χ0v) is 16.5. The van der Waals surface area contributed by atoms with Gasteiger partial charge < -0.3 is 10.0 Å². The molecule has 6 nitrogen and oxygen atoms in total. The minimum Gasteiger partial charge on any atom is -0.480 e. The molecule has 142 valence electrons. The molecule has 0 aromatic rings. The van der Waals surface area contributed by atoms with Crippen LogP contribution in [0.25, 0.3) is 0 Å². The van der Waals surface area contributed by atoms with Crippen molar-refractivity contribution in [3.8, 4) is 0 Å².